The number of nitrogen functional groups attached to an aromatic ring is 1. The third kappa shape index (κ3) is 4.20. The van der Waals surface area contributed by atoms with Crippen LogP contribution in [-0.4, -0.2) is 61.2 Å². The van der Waals surface area contributed by atoms with Gasteiger partial charge in [-0.2, -0.15) is 0 Å². The molecule has 0 saturated carbocycles. The number of nitrogens with zero attached hydrogens (tertiary/aromatic N) is 6. The van der Waals surface area contributed by atoms with Crippen molar-refractivity contribution in [2.24, 2.45) is 0 Å². The molecule has 0 spiro atoms. The molecule has 5 rings (SSSR count). The van der Waals surface area contributed by atoms with Gasteiger partial charge >= 0.3 is 0 Å². The van der Waals surface area contributed by atoms with Crippen LogP contribution in [0, 0.1) is 17.7 Å². The number of amides is 1. The normalized spacial score (nSPS) is 17.4. The number of benzene rings is 1. The van der Waals surface area contributed by atoms with Gasteiger partial charge in [-0.05, 0) is 25.5 Å². The fraction of sp³-hybridized carbons (Fsp3) is 0.308. The van der Waals surface area contributed by atoms with Gasteiger partial charge in [-0.1, -0.05) is 30.0 Å². The topological polar surface area (TPSA) is 104 Å². The van der Waals surface area contributed by atoms with E-state index >= 15 is 4.39 Å². The van der Waals surface area contributed by atoms with E-state index in [4.69, 9.17) is 22.1 Å². The van der Waals surface area contributed by atoms with Crippen LogP contribution in [0.5, 0.6) is 0 Å². The highest BCUT2D eigenvalue weighted by atomic mass is 35.5. The van der Waals surface area contributed by atoms with Crippen LogP contribution in [-0.2, 0) is 16.1 Å². The number of imidazole rings is 1. The van der Waals surface area contributed by atoms with Crippen LogP contribution in [0.25, 0.3) is 22.1 Å². The van der Waals surface area contributed by atoms with Crippen LogP contribution >= 0.6 is 11.6 Å². The van der Waals surface area contributed by atoms with Crippen LogP contribution in [0.2, 0.25) is 5.02 Å². The zero-order chi connectivity index (χ0) is 26.3. The van der Waals surface area contributed by atoms with Gasteiger partial charge in [0, 0.05) is 26.4 Å². The molecule has 37 heavy (non-hydrogen) atoms. The Morgan fingerprint density at radius 2 is 2.19 bits per heavy atom. The molecule has 2 N–H and O–H groups in total. The van der Waals surface area contributed by atoms with Crippen molar-refractivity contribution in [2.45, 2.75) is 32.0 Å². The summed E-state index contributed by atoms with van der Waals surface area (Å²) in [6.45, 7) is 7.03. The summed E-state index contributed by atoms with van der Waals surface area (Å²) in [4.78, 5) is 27.0. The number of aryl methyl sites for hydroxylation is 1. The zero-order valence-electron chi connectivity index (χ0n) is 20.4. The van der Waals surface area contributed by atoms with Crippen LogP contribution in [0.3, 0.4) is 0 Å². The minimum Gasteiger partial charge on any atom is -0.383 e. The molecule has 0 unspecified atom stereocenters. The second kappa shape index (κ2) is 9.84. The van der Waals surface area contributed by atoms with Crippen molar-refractivity contribution < 1.29 is 13.9 Å². The van der Waals surface area contributed by atoms with Gasteiger partial charge < -0.3 is 24.5 Å². The number of hydrogen-bond donors (Lipinski definition) is 1. The van der Waals surface area contributed by atoms with E-state index in [0.717, 1.165) is 0 Å². The lowest BCUT2D eigenvalue weighted by molar-refractivity contribution is -0.127. The summed E-state index contributed by atoms with van der Waals surface area (Å²) in [5, 5.41) is 0.747. The van der Waals surface area contributed by atoms with Crippen molar-refractivity contribution >= 4 is 45.4 Å². The van der Waals surface area contributed by atoms with E-state index in [9.17, 15) is 4.79 Å². The first-order chi connectivity index (χ1) is 17.9. The molecule has 1 fully saturated rings. The highest BCUT2D eigenvalue weighted by Crippen LogP contribution is 2.34. The summed E-state index contributed by atoms with van der Waals surface area (Å²) in [7, 11) is 1.60. The molecule has 1 aliphatic heterocycles. The number of aromatic nitrogens is 5. The second-order valence-corrected chi connectivity index (χ2v) is 9.20. The maximum Gasteiger partial charge on any atom is 0.246 e. The molecule has 1 saturated heterocycles. The first kappa shape index (κ1) is 24.7. The van der Waals surface area contributed by atoms with Crippen LogP contribution < -0.4 is 5.73 Å². The molecular weight excluding hydrogens is 497 g/mol. The Balaban J connectivity index is 1.59. The number of carbonyl (C=O) groups is 1. The van der Waals surface area contributed by atoms with Gasteiger partial charge in [-0.3, -0.25) is 4.79 Å². The lowest BCUT2D eigenvalue weighted by Gasteiger charge is -2.22. The van der Waals surface area contributed by atoms with E-state index in [1.165, 1.54) is 12.4 Å². The standard InChI is InChI=1S/C26H25ClFN7O2/c1-4-21(36)34-11-16(8-17(34)12-37-3)35-10-15(22-25(29)30-13-31-26(22)35)6-7-18-19(27)9-20-24(23(18)28)32-14-33(20)5-2/h4,9-10,13-14,16-17H,1,5,8,11-12H2,2-3H3,(H2,29,30,31)/t16-,17+/m0/s1. The molecule has 190 valence electrons. The van der Waals surface area contributed by atoms with Crippen LogP contribution in [0.1, 0.15) is 30.5 Å². The number of carbonyl (C=O) groups excluding carboxylic acids is 1. The van der Waals surface area contributed by atoms with Crippen molar-refractivity contribution in [2.75, 3.05) is 26.0 Å². The first-order valence-corrected chi connectivity index (χ1v) is 12.1. The maximum atomic E-state index is 15.3. The Morgan fingerprint density at radius 3 is 2.92 bits per heavy atom. The van der Waals surface area contributed by atoms with E-state index in [1.54, 1.807) is 24.4 Å². The quantitative estimate of drug-likeness (QED) is 0.318. The Labute approximate surface area is 217 Å². The fourth-order valence-electron chi connectivity index (χ4n) is 4.94. The largest absolute Gasteiger partial charge is 0.383 e. The number of nitrogens with two attached hydrogens (primary N) is 1. The summed E-state index contributed by atoms with van der Waals surface area (Å²) in [6.07, 6.45) is 6.72. The number of methoxy groups -OCH3 is 1. The van der Waals surface area contributed by atoms with Gasteiger partial charge in [0.1, 0.15) is 23.3 Å². The monoisotopic (exact) mass is 521 g/mol. The number of rotatable bonds is 5. The van der Waals surface area contributed by atoms with E-state index < -0.39 is 5.82 Å². The molecule has 4 aromatic rings. The smallest absolute Gasteiger partial charge is 0.246 e. The average Bonchev–Trinajstić information content (AvgIpc) is 3.59. The molecule has 9 nitrogen and oxygen atoms in total. The van der Waals surface area contributed by atoms with Gasteiger partial charge in [-0.25, -0.2) is 19.3 Å². The van der Waals surface area contributed by atoms with E-state index in [0.29, 0.717) is 48.2 Å². The maximum absolute atomic E-state index is 15.3. The Hall–Kier alpha value is -3.94. The van der Waals surface area contributed by atoms with Crippen molar-refractivity contribution in [3.05, 3.63) is 59.5 Å². The average molecular weight is 522 g/mol. The fourth-order valence-corrected chi connectivity index (χ4v) is 5.17. The number of fused-ring (bicyclic) bond motifs is 2. The number of anilines is 1. The SMILES string of the molecule is C=CC(=O)N1C[C@@H](n2cc(C#Cc3c(Cl)cc4c(ncn4CC)c3F)c3c(N)ncnc32)C[C@@H]1COC. The van der Waals surface area contributed by atoms with Gasteiger partial charge in [0.2, 0.25) is 5.91 Å². The predicted molar refractivity (Wildman–Crippen MR) is 140 cm³/mol. The van der Waals surface area contributed by atoms with Crippen molar-refractivity contribution in [1.29, 1.82) is 0 Å². The highest BCUT2D eigenvalue weighted by molar-refractivity contribution is 6.32. The third-order valence-electron chi connectivity index (χ3n) is 6.71. The van der Waals surface area contributed by atoms with Gasteiger partial charge in [0.15, 0.2) is 5.82 Å². The predicted octanol–water partition coefficient (Wildman–Crippen LogP) is 3.55. The minimum absolute atomic E-state index is 0.0515. The Kier molecular flexibility index (Phi) is 6.58. The zero-order valence-corrected chi connectivity index (χ0v) is 21.2. The molecule has 0 radical (unpaired) electrons. The van der Waals surface area contributed by atoms with Gasteiger partial charge in [0.25, 0.3) is 0 Å². The summed E-state index contributed by atoms with van der Waals surface area (Å²) < 4.78 is 24.4. The van der Waals surface area contributed by atoms with Crippen molar-refractivity contribution in [3.8, 4) is 11.8 Å². The molecule has 11 heteroatoms. The summed E-state index contributed by atoms with van der Waals surface area (Å²) in [6, 6.07) is 1.45. The number of halogens is 2. The molecule has 1 aromatic carbocycles. The Morgan fingerprint density at radius 1 is 1.38 bits per heavy atom. The first-order valence-electron chi connectivity index (χ1n) is 11.8. The van der Waals surface area contributed by atoms with Crippen LogP contribution in [0.15, 0.2) is 37.6 Å². The summed E-state index contributed by atoms with van der Waals surface area (Å²) in [5.74, 6) is 5.41. The van der Waals surface area contributed by atoms with E-state index in [1.807, 2.05) is 22.3 Å². The molecule has 1 amide bonds. The van der Waals surface area contributed by atoms with E-state index in [-0.39, 0.29) is 39.9 Å². The van der Waals surface area contributed by atoms with Crippen LogP contribution in [0.4, 0.5) is 10.2 Å². The molecule has 0 bridgehead atoms. The van der Waals surface area contributed by atoms with Crippen molar-refractivity contribution in [1.82, 2.24) is 29.0 Å². The summed E-state index contributed by atoms with van der Waals surface area (Å²) >= 11 is 6.43. The molecule has 2 atom stereocenters. The highest BCUT2D eigenvalue weighted by Gasteiger charge is 2.36. The van der Waals surface area contributed by atoms with Gasteiger partial charge in [-0.15, -0.1) is 0 Å². The third-order valence-corrected chi connectivity index (χ3v) is 7.01. The molecule has 0 aliphatic carbocycles. The number of ether oxygens (including phenoxy) is 1. The Bertz CT molecular complexity index is 1600. The number of likely N-dealkylation sites (tertiary alicyclic amines) is 1. The molecule has 1 aliphatic rings. The molecule has 3 aromatic heterocycles. The lowest BCUT2D eigenvalue weighted by atomic mass is 10.1. The minimum atomic E-state index is -0.577. The van der Waals surface area contributed by atoms with E-state index in [2.05, 4.69) is 33.4 Å². The van der Waals surface area contributed by atoms with Gasteiger partial charge in [0.05, 0.1) is 52.1 Å². The number of hydrogen-bond acceptors (Lipinski definition) is 6. The molecule has 4 heterocycles. The van der Waals surface area contributed by atoms with Crippen molar-refractivity contribution in [3.63, 3.8) is 0 Å². The second-order valence-electron chi connectivity index (χ2n) is 8.80. The molecular formula is C26H25ClFN7O2. The lowest BCUT2D eigenvalue weighted by Crippen LogP contribution is -2.37. The summed E-state index contributed by atoms with van der Waals surface area (Å²) in [5.41, 5.74) is 8.19.